The Kier molecular flexibility index (Phi) is 5.70. The highest BCUT2D eigenvalue weighted by Crippen LogP contribution is 2.51. The van der Waals surface area contributed by atoms with Crippen molar-refractivity contribution >= 4 is 35.1 Å². The first-order valence-corrected chi connectivity index (χ1v) is 12.2. The number of amides is 3. The Bertz CT molecular complexity index is 1110. The average Bonchev–Trinajstić information content (AvgIpc) is 3.33. The van der Waals surface area contributed by atoms with Gasteiger partial charge in [-0.05, 0) is 69.9 Å². The Morgan fingerprint density at radius 3 is 2.82 bits per heavy atom. The summed E-state index contributed by atoms with van der Waals surface area (Å²) in [6, 6.07) is 6.50. The Morgan fingerprint density at radius 1 is 1.30 bits per heavy atom. The van der Waals surface area contributed by atoms with Gasteiger partial charge in [0.15, 0.2) is 0 Å². The van der Waals surface area contributed by atoms with Gasteiger partial charge in [-0.1, -0.05) is 11.8 Å². The highest BCUT2D eigenvalue weighted by molar-refractivity contribution is 8.01. The normalized spacial score (nSPS) is 25.7. The molecule has 3 heterocycles. The molecule has 33 heavy (non-hydrogen) atoms. The number of ether oxygens (including phenoxy) is 1. The second kappa shape index (κ2) is 8.53. The van der Waals surface area contributed by atoms with E-state index >= 15 is 0 Å². The molecule has 0 saturated heterocycles. The lowest BCUT2D eigenvalue weighted by molar-refractivity contribution is -0.122. The van der Waals surface area contributed by atoms with E-state index < -0.39 is 17.4 Å². The summed E-state index contributed by atoms with van der Waals surface area (Å²) in [6.07, 6.45) is 3.58. The van der Waals surface area contributed by atoms with Gasteiger partial charge in [0.1, 0.15) is 16.0 Å². The molecule has 3 amide bonds. The zero-order chi connectivity index (χ0) is 23.3. The first-order chi connectivity index (χ1) is 15.8. The number of carbonyl (C=O) groups excluding carboxylic acids is 2. The monoisotopic (exact) mass is 468 g/mol. The predicted molar refractivity (Wildman–Crippen MR) is 126 cm³/mol. The minimum Gasteiger partial charge on any atom is -0.491 e. The summed E-state index contributed by atoms with van der Waals surface area (Å²) in [7, 11) is 0. The van der Waals surface area contributed by atoms with Crippen LogP contribution in [0.4, 0.5) is 16.2 Å². The number of thioether (sulfide) groups is 1. The van der Waals surface area contributed by atoms with Crippen molar-refractivity contribution in [3.05, 3.63) is 41.6 Å². The molecule has 1 aromatic heterocycles. The Hall–Kier alpha value is -2.78. The third-order valence-corrected chi connectivity index (χ3v) is 7.64. The van der Waals surface area contributed by atoms with Gasteiger partial charge in [-0.25, -0.2) is 9.78 Å². The molecule has 2 unspecified atom stereocenters. The number of hydrogen-bond donors (Lipinski definition) is 3. The number of carbonyl (C=O) groups is 2. The number of rotatable bonds is 5. The number of aliphatic hydroxyl groups is 1. The fourth-order valence-electron chi connectivity index (χ4n) is 4.86. The molecule has 9 heteroatoms. The first kappa shape index (κ1) is 22.0. The number of aliphatic hydroxyl groups excluding tert-OH is 1. The molecule has 2 aliphatic heterocycles. The molecule has 4 atom stereocenters. The molecule has 0 spiro atoms. The summed E-state index contributed by atoms with van der Waals surface area (Å²) in [5, 5.41) is 16.3. The molecular weight excluding hydrogens is 440 g/mol. The second-order valence-corrected chi connectivity index (χ2v) is 10.2. The molecule has 1 fully saturated rings. The minimum atomic E-state index is -0.532. The zero-order valence-electron chi connectivity index (χ0n) is 18.9. The van der Waals surface area contributed by atoms with E-state index in [1.165, 1.54) is 11.8 Å². The van der Waals surface area contributed by atoms with Crippen LogP contribution >= 0.6 is 11.8 Å². The Balaban J connectivity index is 1.45. The molecular formula is C24H28N4O4S. The van der Waals surface area contributed by atoms with Gasteiger partial charge in [0.05, 0.1) is 35.7 Å². The largest absolute Gasteiger partial charge is 0.491 e. The summed E-state index contributed by atoms with van der Waals surface area (Å²) in [4.78, 5) is 32.6. The standard InChI is InChI=1S/C24H28N4O4S/c1-12(2)32-14-7-8-16(13(3)11-14)28-17-9-10-25-23-19(17)20(27-24(28)31)21(33-23)22(30)26-15-5-4-6-18(15)29/h7-12,15,18,20-21,29H,4-6H2,1-3H3,(H,26,30)(H,27,31)/t15-,18-,20?,21?/m1/s1. The predicted octanol–water partition coefficient (Wildman–Crippen LogP) is 3.58. The van der Waals surface area contributed by atoms with Gasteiger partial charge in [-0.3, -0.25) is 9.69 Å². The van der Waals surface area contributed by atoms with Gasteiger partial charge < -0.3 is 20.5 Å². The molecule has 3 N–H and O–H groups in total. The van der Waals surface area contributed by atoms with Crippen LogP contribution in [-0.4, -0.2) is 45.5 Å². The van der Waals surface area contributed by atoms with Crippen molar-refractivity contribution in [3.63, 3.8) is 0 Å². The van der Waals surface area contributed by atoms with Crippen molar-refractivity contribution in [1.82, 2.24) is 15.6 Å². The van der Waals surface area contributed by atoms with Crippen molar-refractivity contribution < 1.29 is 19.4 Å². The first-order valence-electron chi connectivity index (χ1n) is 11.4. The van der Waals surface area contributed by atoms with Gasteiger partial charge in [-0.2, -0.15) is 0 Å². The highest BCUT2D eigenvalue weighted by atomic mass is 32.2. The van der Waals surface area contributed by atoms with Crippen molar-refractivity contribution in [2.45, 2.75) is 74.6 Å². The van der Waals surface area contributed by atoms with Gasteiger partial charge in [0.25, 0.3) is 0 Å². The van der Waals surface area contributed by atoms with Gasteiger partial charge >= 0.3 is 6.03 Å². The Labute approximate surface area is 197 Å². The van der Waals surface area contributed by atoms with Crippen LogP contribution in [0, 0.1) is 6.92 Å². The Morgan fingerprint density at radius 2 is 2.12 bits per heavy atom. The van der Waals surface area contributed by atoms with Crippen LogP contribution in [0.5, 0.6) is 5.75 Å². The lowest BCUT2D eigenvalue weighted by Crippen LogP contribution is -2.51. The van der Waals surface area contributed by atoms with Gasteiger partial charge in [0.2, 0.25) is 5.91 Å². The van der Waals surface area contributed by atoms with E-state index in [0.29, 0.717) is 6.42 Å². The van der Waals surface area contributed by atoms with Crippen molar-refractivity contribution in [3.8, 4) is 5.75 Å². The van der Waals surface area contributed by atoms with E-state index in [1.54, 1.807) is 11.1 Å². The smallest absolute Gasteiger partial charge is 0.327 e. The number of hydrogen-bond acceptors (Lipinski definition) is 6. The lowest BCUT2D eigenvalue weighted by Gasteiger charge is -2.35. The molecule has 0 bridgehead atoms. The molecule has 174 valence electrons. The van der Waals surface area contributed by atoms with E-state index in [9.17, 15) is 14.7 Å². The molecule has 2 aromatic rings. The van der Waals surface area contributed by atoms with E-state index in [0.717, 1.165) is 46.1 Å². The number of nitrogens with zero attached hydrogens (tertiary/aromatic N) is 2. The van der Waals surface area contributed by atoms with Crippen LogP contribution in [0.3, 0.4) is 0 Å². The quantitative estimate of drug-likeness (QED) is 0.620. The second-order valence-electron chi connectivity index (χ2n) is 9.08. The third kappa shape index (κ3) is 3.93. The molecule has 1 aliphatic carbocycles. The highest BCUT2D eigenvalue weighted by Gasteiger charge is 2.47. The fraction of sp³-hybridized carbons (Fsp3) is 0.458. The number of urea groups is 1. The molecule has 1 aromatic carbocycles. The summed E-state index contributed by atoms with van der Waals surface area (Å²) in [5.41, 5.74) is 3.25. The summed E-state index contributed by atoms with van der Waals surface area (Å²) in [6.45, 7) is 5.89. The number of pyridine rings is 1. The summed E-state index contributed by atoms with van der Waals surface area (Å²) < 4.78 is 5.79. The maximum absolute atomic E-state index is 13.3. The molecule has 3 aliphatic rings. The summed E-state index contributed by atoms with van der Waals surface area (Å²) in [5.74, 6) is 0.572. The van der Waals surface area contributed by atoms with E-state index in [1.807, 2.05) is 45.0 Å². The van der Waals surface area contributed by atoms with E-state index in [-0.39, 0.29) is 24.1 Å². The topological polar surface area (TPSA) is 104 Å². The fourth-order valence-corrected chi connectivity index (χ4v) is 6.10. The van der Waals surface area contributed by atoms with Gasteiger partial charge in [-0.15, -0.1) is 0 Å². The van der Waals surface area contributed by atoms with Crippen molar-refractivity contribution in [2.24, 2.45) is 0 Å². The van der Waals surface area contributed by atoms with Crippen LogP contribution in [-0.2, 0) is 4.79 Å². The maximum atomic E-state index is 13.3. The summed E-state index contributed by atoms with van der Waals surface area (Å²) >= 11 is 1.36. The maximum Gasteiger partial charge on any atom is 0.327 e. The zero-order valence-corrected chi connectivity index (χ0v) is 19.7. The molecule has 5 rings (SSSR count). The van der Waals surface area contributed by atoms with Crippen molar-refractivity contribution in [1.29, 1.82) is 0 Å². The minimum absolute atomic E-state index is 0.0585. The SMILES string of the molecule is Cc1cc(OC(C)C)ccc1N1C(=O)NC2c3c1ccnc3SC2C(=O)N[C@@H]1CCC[C@H]1O. The molecule has 8 nitrogen and oxygen atoms in total. The van der Waals surface area contributed by atoms with E-state index in [4.69, 9.17) is 4.74 Å². The van der Waals surface area contributed by atoms with Gasteiger partial charge in [0, 0.05) is 11.8 Å². The van der Waals surface area contributed by atoms with E-state index in [2.05, 4.69) is 15.6 Å². The third-order valence-electron chi connectivity index (χ3n) is 6.35. The van der Waals surface area contributed by atoms with Crippen LogP contribution < -0.4 is 20.3 Å². The number of anilines is 2. The van der Waals surface area contributed by atoms with Crippen LogP contribution in [0.2, 0.25) is 0 Å². The van der Waals surface area contributed by atoms with Crippen LogP contribution in [0.25, 0.3) is 0 Å². The number of aryl methyl sites for hydroxylation is 1. The van der Waals surface area contributed by atoms with Crippen LogP contribution in [0.15, 0.2) is 35.5 Å². The number of nitrogens with one attached hydrogen (secondary N) is 2. The lowest BCUT2D eigenvalue weighted by atomic mass is 9.99. The molecule has 0 radical (unpaired) electrons. The van der Waals surface area contributed by atoms with Crippen LogP contribution in [0.1, 0.15) is 50.3 Å². The number of aromatic nitrogens is 1. The number of benzene rings is 1. The average molecular weight is 469 g/mol. The molecule has 1 saturated carbocycles. The van der Waals surface area contributed by atoms with Crippen molar-refractivity contribution in [2.75, 3.05) is 4.90 Å².